The summed E-state index contributed by atoms with van der Waals surface area (Å²) < 4.78 is 0. The van der Waals surface area contributed by atoms with E-state index in [0.717, 1.165) is 0 Å². The molecule has 82 valence electrons. The Morgan fingerprint density at radius 3 is 2.31 bits per heavy atom. The third-order valence-corrected chi connectivity index (χ3v) is 2.89. The summed E-state index contributed by atoms with van der Waals surface area (Å²) in [6, 6.07) is 4.99. The van der Waals surface area contributed by atoms with Crippen LogP contribution >= 0.6 is 23.2 Å². The maximum absolute atomic E-state index is 10.0. The average Bonchev–Trinajstić information content (AvgIpc) is 2.33. The number of aliphatic hydroxyl groups is 1. The first kappa shape index (κ1) is 11.3. The fraction of sp³-hybridized carbons (Fsp3) is 0.0909. The monoisotopic (exact) mass is 254 g/mol. The van der Waals surface area contributed by atoms with Crippen molar-refractivity contribution in [1.29, 1.82) is 0 Å². The minimum Gasteiger partial charge on any atom is -0.384 e. The Morgan fingerprint density at radius 1 is 1.00 bits per heavy atom. The van der Waals surface area contributed by atoms with Gasteiger partial charge in [-0.3, -0.25) is 0 Å². The molecule has 0 aliphatic rings. The molecule has 0 radical (unpaired) electrons. The van der Waals surface area contributed by atoms with E-state index in [4.69, 9.17) is 23.2 Å². The lowest BCUT2D eigenvalue weighted by Gasteiger charge is -2.10. The van der Waals surface area contributed by atoms with Crippen molar-refractivity contribution in [3.63, 3.8) is 0 Å². The molecular weight excluding hydrogens is 247 g/mol. The summed E-state index contributed by atoms with van der Waals surface area (Å²) in [6.07, 6.45) is 3.72. The first-order valence-corrected chi connectivity index (χ1v) is 5.32. The number of halogens is 2. The van der Waals surface area contributed by atoms with Crippen LogP contribution in [0.2, 0.25) is 10.0 Å². The van der Waals surface area contributed by atoms with Crippen LogP contribution in [0.3, 0.4) is 0 Å². The van der Waals surface area contributed by atoms with Crippen molar-refractivity contribution in [1.82, 2.24) is 9.97 Å². The van der Waals surface area contributed by atoms with Gasteiger partial charge >= 0.3 is 0 Å². The zero-order valence-corrected chi connectivity index (χ0v) is 9.65. The first-order valence-electron chi connectivity index (χ1n) is 4.56. The summed E-state index contributed by atoms with van der Waals surface area (Å²) in [5.41, 5.74) is 1.27. The summed E-state index contributed by atoms with van der Waals surface area (Å²) in [4.78, 5) is 7.68. The minimum atomic E-state index is -0.795. The molecule has 5 heteroatoms. The Labute approximate surface area is 103 Å². The predicted molar refractivity (Wildman–Crippen MR) is 62.6 cm³/mol. The lowest BCUT2D eigenvalue weighted by Crippen LogP contribution is -2.00. The van der Waals surface area contributed by atoms with Crippen LogP contribution in [0.15, 0.2) is 36.9 Å². The van der Waals surface area contributed by atoms with Crippen LogP contribution < -0.4 is 0 Å². The van der Waals surface area contributed by atoms with E-state index in [0.29, 0.717) is 21.2 Å². The van der Waals surface area contributed by atoms with Crippen LogP contribution in [0.1, 0.15) is 17.2 Å². The van der Waals surface area contributed by atoms with Gasteiger partial charge in [-0.15, -0.1) is 0 Å². The van der Waals surface area contributed by atoms with Crippen LogP contribution in [0.4, 0.5) is 0 Å². The third kappa shape index (κ3) is 2.32. The van der Waals surface area contributed by atoms with Gasteiger partial charge in [0.15, 0.2) is 0 Å². The Kier molecular flexibility index (Phi) is 3.39. The minimum absolute atomic E-state index is 0.412. The lowest BCUT2D eigenvalue weighted by atomic mass is 10.0. The molecule has 1 N–H and O–H groups in total. The number of aliphatic hydroxyl groups excluding tert-OH is 1. The maximum Gasteiger partial charge on any atom is 0.115 e. The molecule has 0 aliphatic heterocycles. The van der Waals surface area contributed by atoms with Crippen molar-refractivity contribution in [3.05, 3.63) is 58.1 Å². The Bertz CT molecular complexity index is 491. The largest absolute Gasteiger partial charge is 0.384 e. The molecule has 0 fully saturated rings. The van der Waals surface area contributed by atoms with E-state index in [1.807, 2.05) is 0 Å². The Balaban J connectivity index is 2.34. The van der Waals surface area contributed by atoms with Gasteiger partial charge in [-0.1, -0.05) is 29.3 Å². The van der Waals surface area contributed by atoms with Crippen LogP contribution in [0.5, 0.6) is 0 Å². The number of nitrogens with zero attached hydrogens (tertiary/aromatic N) is 2. The van der Waals surface area contributed by atoms with Gasteiger partial charge < -0.3 is 5.11 Å². The molecular formula is C11H8Cl2N2O. The van der Waals surface area contributed by atoms with Gasteiger partial charge in [0.2, 0.25) is 0 Å². The van der Waals surface area contributed by atoms with E-state index >= 15 is 0 Å². The molecule has 1 atom stereocenters. The number of hydrogen-bond donors (Lipinski definition) is 1. The average molecular weight is 255 g/mol. The fourth-order valence-electron chi connectivity index (χ4n) is 1.33. The zero-order valence-electron chi connectivity index (χ0n) is 8.14. The summed E-state index contributed by atoms with van der Waals surface area (Å²) in [5, 5.41) is 10.9. The van der Waals surface area contributed by atoms with E-state index in [-0.39, 0.29) is 0 Å². The molecule has 0 amide bonds. The third-order valence-electron chi connectivity index (χ3n) is 2.16. The number of hydrogen-bond acceptors (Lipinski definition) is 3. The molecule has 3 nitrogen and oxygen atoms in total. The van der Waals surface area contributed by atoms with Gasteiger partial charge in [0.25, 0.3) is 0 Å². The first-order chi connectivity index (χ1) is 7.68. The number of benzene rings is 1. The SMILES string of the molecule is OC(c1cncnc1)c1ccc(Cl)c(Cl)c1. The van der Waals surface area contributed by atoms with Gasteiger partial charge in [0.05, 0.1) is 10.0 Å². The topological polar surface area (TPSA) is 46.0 Å². The van der Waals surface area contributed by atoms with Crippen LogP contribution in [0, 0.1) is 0 Å². The standard InChI is InChI=1S/C11H8Cl2N2O/c12-9-2-1-7(3-10(9)13)11(16)8-4-14-6-15-5-8/h1-6,11,16H. The van der Waals surface area contributed by atoms with Crippen molar-refractivity contribution < 1.29 is 5.11 Å². The lowest BCUT2D eigenvalue weighted by molar-refractivity contribution is 0.219. The fourth-order valence-corrected chi connectivity index (χ4v) is 1.63. The summed E-state index contributed by atoms with van der Waals surface area (Å²) in [7, 11) is 0. The number of aromatic nitrogens is 2. The second-order valence-corrected chi connectivity index (χ2v) is 4.06. The van der Waals surface area contributed by atoms with Crippen molar-refractivity contribution >= 4 is 23.2 Å². The van der Waals surface area contributed by atoms with E-state index in [1.165, 1.54) is 6.33 Å². The summed E-state index contributed by atoms with van der Waals surface area (Å²) in [5.74, 6) is 0. The molecule has 2 aromatic rings. The highest BCUT2D eigenvalue weighted by atomic mass is 35.5. The Hall–Kier alpha value is -1.16. The highest BCUT2D eigenvalue weighted by Gasteiger charge is 2.12. The zero-order chi connectivity index (χ0) is 11.5. The molecule has 0 aliphatic carbocycles. The molecule has 1 aromatic heterocycles. The highest BCUT2D eigenvalue weighted by molar-refractivity contribution is 6.42. The van der Waals surface area contributed by atoms with Crippen molar-refractivity contribution in [2.24, 2.45) is 0 Å². The van der Waals surface area contributed by atoms with E-state index in [2.05, 4.69) is 9.97 Å². The van der Waals surface area contributed by atoms with Gasteiger partial charge in [0, 0.05) is 18.0 Å². The molecule has 1 aromatic carbocycles. The van der Waals surface area contributed by atoms with Gasteiger partial charge in [-0.05, 0) is 17.7 Å². The quantitative estimate of drug-likeness (QED) is 0.897. The van der Waals surface area contributed by atoms with E-state index < -0.39 is 6.10 Å². The second-order valence-electron chi connectivity index (χ2n) is 3.25. The molecule has 0 saturated carbocycles. The van der Waals surface area contributed by atoms with Crippen LogP contribution in [0.25, 0.3) is 0 Å². The molecule has 2 rings (SSSR count). The van der Waals surface area contributed by atoms with E-state index in [1.54, 1.807) is 30.6 Å². The normalized spacial score (nSPS) is 12.4. The van der Waals surface area contributed by atoms with Crippen molar-refractivity contribution in [2.75, 3.05) is 0 Å². The molecule has 1 unspecified atom stereocenters. The maximum atomic E-state index is 10.0. The van der Waals surface area contributed by atoms with Crippen LogP contribution in [-0.2, 0) is 0 Å². The van der Waals surface area contributed by atoms with Gasteiger partial charge in [0.1, 0.15) is 12.4 Å². The van der Waals surface area contributed by atoms with E-state index in [9.17, 15) is 5.11 Å². The Morgan fingerprint density at radius 2 is 1.69 bits per heavy atom. The molecule has 16 heavy (non-hydrogen) atoms. The summed E-state index contributed by atoms with van der Waals surface area (Å²) in [6.45, 7) is 0. The van der Waals surface area contributed by atoms with Crippen LogP contribution in [-0.4, -0.2) is 15.1 Å². The smallest absolute Gasteiger partial charge is 0.115 e. The molecule has 0 spiro atoms. The predicted octanol–water partition coefficient (Wildman–Crippen LogP) is 2.87. The van der Waals surface area contributed by atoms with Crippen molar-refractivity contribution in [2.45, 2.75) is 6.10 Å². The van der Waals surface area contributed by atoms with Gasteiger partial charge in [-0.25, -0.2) is 9.97 Å². The highest BCUT2D eigenvalue weighted by Crippen LogP contribution is 2.28. The van der Waals surface area contributed by atoms with Crippen molar-refractivity contribution in [3.8, 4) is 0 Å². The molecule has 0 bridgehead atoms. The summed E-state index contributed by atoms with van der Waals surface area (Å²) >= 11 is 11.7. The number of rotatable bonds is 2. The van der Waals surface area contributed by atoms with Gasteiger partial charge in [-0.2, -0.15) is 0 Å². The molecule has 0 saturated heterocycles. The second kappa shape index (κ2) is 4.78. The molecule has 1 heterocycles.